The average molecular weight is 439 g/mol. The Kier molecular flexibility index (Phi) is 5.86. The van der Waals surface area contributed by atoms with Crippen LogP contribution in [0, 0.1) is 0 Å². The first kappa shape index (κ1) is 20.8. The molecule has 0 aromatic heterocycles. The molecule has 3 rings (SSSR count). The predicted molar refractivity (Wildman–Crippen MR) is 108 cm³/mol. The summed E-state index contributed by atoms with van der Waals surface area (Å²) in [6, 6.07) is 6.01. The van der Waals surface area contributed by atoms with Crippen molar-refractivity contribution in [1.29, 1.82) is 0 Å². The van der Waals surface area contributed by atoms with Crippen LogP contribution >= 0.6 is 23.2 Å². The number of hydrogen-bond donors (Lipinski definition) is 1. The fourth-order valence-electron chi connectivity index (χ4n) is 3.00. The minimum atomic E-state index is -0.869. The topological polar surface area (TPSA) is 94.2 Å². The number of carbonyl (C=O) groups excluding carboxylic acids is 3. The van der Waals surface area contributed by atoms with Gasteiger partial charge in [0.05, 0.1) is 43.3 Å². The first-order valence-electron chi connectivity index (χ1n) is 8.26. The van der Waals surface area contributed by atoms with Gasteiger partial charge in [-0.15, -0.1) is 0 Å². The summed E-state index contributed by atoms with van der Waals surface area (Å²) >= 11 is 11.9. The Bertz CT molecular complexity index is 1020. The zero-order valence-electron chi connectivity index (χ0n) is 15.7. The van der Waals surface area contributed by atoms with Gasteiger partial charge in [-0.1, -0.05) is 23.2 Å². The maximum atomic E-state index is 12.6. The van der Waals surface area contributed by atoms with Crippen LogP contribution in [0.3, 0.4) is 0 Å². The third-order valence-corrected chi connectivity index (χ3v) is 4.82. The minimum absolute atomic E-state index is 0.00692. The average Bonchev–Trinajstić information content (AvgIpc) is 2.93. The van der Waals surface area contributed by atoms with E-state index < -0.39 is 24.1 Å². The molecule has 1 aliphatic heterocycles. The van der Waals surface area contributed by atoms with Crippen LogP contribution in [0.1, 0.15) is 10.4 Å². The molecular weight excluding hydrogens is 423 g/mol. The normalized spacial score (nSPS) is 12.7. The molecule has 0 unspecified atom stereocenters. The number of hydrogen-bond acceptors (Lipinski definition) is 6. The van der Waals surface area contributed by atoms with Gasteiger partial charge in [-0.3, -0.25) is 19.3 Å². The van der Waals surface area contributed by atoms with Gasteiger partial charge >= 0.3 is 0 Å². The van der Waals surface area contributed by atoms with E-state index in [1.165, 1.54) is 39.5 Å². The summed E-state index contributed by atoms with van der Waals surface area (Å²) in [5, 5.41) is 3.24. The molecular formula is C19H16Cl2N2O6. The lowest BCUT2D eigenvalue weighted by molar-refractivity contribution is -0.118. The van der Waals surface area contributed by atoms with Gasteiger partial charge in [0.25, 0.3) is 11.7 Å². The minimum Gasteiger partial charge on any atom is -0.493 e. The van der Waals surface area contributed by atoms with Crippen LogP contribution in [0.5, 0.6) is 17.2 Å². The standard InChI is InChI=1S/C19H16Cl2N2O6/c1-27-13-7-12-15(18(29-3)17(13)28-2)16(25)19(26)23(12)8-14(24)22-11-5-4-9(20)6-10(11)21/h4-7H,8H2,1-3H3,(H,22,24). The van der Waals surface area contributed by atoms with E-state index in [4.69, 9.17) is 37.4 Å². The van der Waals surface area contributed by atoms with Gasteiger partial charge in [0.2, 0.25) is 11.7 Å². The molecule has 1 heterocycles. The van der Waals surface area contributed by atoms with Crippen molar-refractivity contribution < 1.29 is 28.6 Å². The van der Waals surface area contributed by atoms with Crippen LogP contribution in [-0.4, -0.2) is 45.5 Å². The Balaban J connectivity index is 1.95. The molecule has 1 aliphatic rings. The Morgan fingerprint density at radius 2 is 1.72 bits per heavy atom. The fraction of sp³-hybridized carbons (Fsp3) is 0.211. The van der Waals surface area contributed by atoms with E-state index in [-0.39, 0.29) is 33.5 Å². The SMILES string of the molecule is COc1cc2c(c(OC)c1OC)C(=O)C(=O)N2CC(=O)Nc1ccc(Cl)cc1Cl. The third kappa shape index (κ3) is 3.68. The monoisotopic (exact) mass is 438 g/mol. The summed E-state index contributed by atoms with van der Waals surface area (Å²) in [4.78, 5) is 38.6. The van der Waals surface area contributed by atoms with Crippen molar-refractivity contribution in [3.8, 4) is 17.2 Å². The molecule has 0 atom stereocenters. The Hall–Kier alpha value is -2.97. The molecule has 29 heavy (non-hydrogen) atoms. The molecule has 0 saturated carbocycles. The van der Waals surface area contributed by atoms with Crippen LogP contribution in [-0.2, 0) is 9.59 Å². The molecule has 0 bridgehead atoms. The summed E-state index contributed by atoms with van der Waals surface area (Å²) in [6.45, 7) is -0.421. The number of halogens is 2. The van der Waals surface area contributed by atoms with Gasteiger partial charge in [-0.25, -0.2) is 0 Å². The van der Waals surface area contributed by atoms with Crippen molar-refractivity contribution in [3.05, 3.63) is 39.9 Å². The maximum absolute atomic E-state index is 12.6. The molecule has 0 spiro atoms. The summed E-state index contributed by atoms with van der Waals surface area (Å²) in [7, 11) is 4.13. The largest absolute Gasteiger partial charge is 0.493 e. The number of nitrogens with zero attached hydrogens (tertiary/aromatic N) is 1. The zero-order chi connectivity index (χ0) is 21.3. The van der Waals surface area contributed by atoms with Gasteiger partial charge in [-0.2, -0.15) is 0 Å². The van der Waals surface area contributed by atoms with Crippen molar-refractivity contribution in [2.24, 2.45) is 0 Å². The number of ketones is 1. The van der Waals surface area contributed by atoms with Gasteiger partial charge in [0, 0.05) is 11.1 Å². The molecule has 2 aromatic rings. The number of nitrogens with one attached hydrogen (secondary N) is 1. The van der Waals surface area contributed by atoms with Gasteiger partial charge in [-0.05, 0) is 18.2 Å². The third-order valence-electron chi connectivity index (χ3n) is 4.27. The smallest absolute Gasteiger partial charge is 0.300 e. The van der Waals surface area contributed by atoms with E-state index in [9.17, 15) is 14.4 Å². The number of anilines is 2. The second-order valence-electron chi connectivity index (χ2n) is 5.93. The number of rotatable bonds is 6. The highest BCUT2D eigenvalue weighted by atomic mass is 35.5. The van der Waals surface area contributed by atoms with E-state index in [1.807, 2.05) is 0 Å². The van der Waals surface area contributed by atoms with Crippen LogP contribution in [0.2, 0.25) is 10.0 Å². The summed E-state index contributed by atoms with van der Waals surface area (Å²) < 4.78 is 15.8. The predicted octanol–water partition coefficient (Wildman–Crippen LogP) is 3.19. The Morgan fingerprint density at radius 3 is 2.31 bits per heavy atom. The number of ether oxygens (including phenoxy) is 3. The number of Topliss-reactive ketones (excluding diaryl/α,β-unsaturated/α-hetero) is 1. The molecule has 2 amide bonds. The Labute approximate surface area is 176 Å². The highest BCUT2D eigenvalue weighted by Crippen LogP contribution is 2.48. The second kappa shape index (κ2) is 8.18. The van der Waals surface area contributed by atoms with Crippen LogP contribution in [0.25, 0.3) is 0 Å². The van der Waals surface area contributed by atoms with Crippen molar-refractivity contribution in [1.82, 2.24) is 0 Å². The van der Waals surface area contributed by atoms with E-state index in [2.05, 4.69) is 5.32 Å². The number of amides is 2. The van der Waals surface area contributed by atoms with E-state index in [0.717, 1.165) is 4.90 Å². The van der Waals surface area contributed by atoms with E-state index in [1.54, 1.807) is 6.07 Å². The Morgan fingerprint density at radius 1 is 1.03 bits per heavy atom. The van der Waals surface area contributed by atoms with Crippen LogP contribution in [0.4, 0.5) is 11.4 Å². The number of carbonyl (C=O) groups is 3. The van der Waals surface area contributed by atoms with E-state index in [0.29, 0.717) is 10.7 Å². The summed E-state index contributed by atoms with van der Waals surface area (Å²) in [6.07, 6.45) is 0. The van der Waals surface area contributed by atoms with Crippen LogP contribution < -0.4 is 24.4 Å². The molecule has 8 nitrogen and oxygen atoms in total. The molecule has 10 heteroatoms. The summed E-state index contributed by atoms with van der Waals surface area (Å²) in [5.41, 5.74) is 0.517. The second-order valence-corrected chi connectivity index (χ2v) is 6.78. The highest BCUT2D eigenvalue weighted by Gasteiger charge is 2.42. The lowest BCUT2D eigenvalue weighted by Crippen LogP contribution is -2.37. The molecule has 0 fully saturated rings. The van der Waals surface area contributed by atoms with Crippen molar-refractivity contribution >= 4 is 52.2 Å². The number of methoxy groups -OCH3 is 3. The highest BCUT2D eigenvalue weighted by molar-refractivity contribution is 6.53. The van der Waals surface area contributed by atoms with Gasteiger partial charge < -0.3 is 19.5 Å². The maximum Gasteiger partial charge on any atom is 0.300 e. The molecule has 152 valence electrons. The first-order valence-corrected chi connectivity index (χ1v) is 9.02. The van der Waals surface area contributed by atoms with E-state index >= 15 is 0 Å². The zero-order valence-corrected chi connectivity index (χ0v) is 17.2. The first-order chi connectivity index (χ1) is 13.8. The molecule has 1 N–H and O–H groups in total. The molecule has 0 saturated heterocycles. The molecule has 2 aromatic carbocycles. The quantitative estimate of drug-likeness (QED) is 0.695. The van der Waals surface area contributed by atoms with Crippen molar-refractivity contribution in [3.63, 3.8) is 0 Å². The lowest BCUT2D eigenvalue weighted by atomic mass is 10.1. The van der Waals surface area contributed by atoms with Gasteiger partial charge in [0.15, 0.2) is 11.5 Å². The molecule has 0 aliphatic carbocycles. The van der Waals surface area contributed by atoms with Crippen molar-refractivity contribution in [2.45, 2.75) is 0 Å². The lowest BCUT2D eigenvalue weighted by Gasteiger charge is -2.19. The van der Waals surface area contributed by atoms with Gasteiger partial charge in [0.1, 0.15) is 6.54 Å². The summed E-state index contributed by atoms with van der Waals surface area (Å²) in [5.74, 6) is -1.76. The number of benzene rings is 2. The molecule has 0 radical (unpaired) electrons. The van der Waals surface area contributed by atoms with Crippen molar-refractivity contribution in [2.75, 3.05) is 38.1 Å². The van der Waals surface area contributed by atoms with Crippen LogP contribution in [0.15, 0.2) is 24.3 Å². The fourth-order valence-corrected chi connectivity index (χ4v) is 3.45. The number of fused-ring (bicyclic) bond motifs is 1.